The van der Waals surface area contributed by atoms with Crippen molar-refractivity contribution in [3.8, 4) is 0 Å². The predicted molar refractivity (Wildman–Crippen MR) is 154 cm³/mol. The van der Waals surface area contributed by atoms with Crippen LogP contribution in [0.25, 0.3) is 10.9 Å². The van der Waals surface area contributed by atoms with Gasteiger partial charge in [0.25, 0.3) is 5.56 Å². The molecular formula is C32H30N7O+. The zero-order chi connectivity index (χ0) is 27.3. The number of fused-ring (bicyclic) bond motifs is 1. The molecular weight excluding hydrogens is 498 g/mol. The summed E-state index contributed by atoms with van der Waals surface area (Å²) in [6.07, 6.45) is 3.65. The largest absolute Gasteiger partial charge is 0.321 e. The van der Waals surface area contributed by atoms with Crippen LogP contribution in [0.1, 0.15) is 39.7 Å². The van der Waals surface area contributed by atoms with Crippen molar-refractivity contribution in [1.29, 1.82) is 0 Å². The maximum atomic E-state index is 13.8. The summed E-state index contributed by atoms with van der Waals surface area (Å²) < 4.78 is 1.81. The Morgan fingerprint density at radius 3 is 2.33 bits per heavy atom. The average molecular weight is 529 g/mol. The lowest BCUT2D eigenvalue weighted by Crippen LogP contribution is -3.10. The third-order valence-electron chi connectivity index (χ3n) is 7.17. The van der Waals surface area contributed by atoms with E-state index in [4.69, 9.17) is 0 Å². The number of aryl methyl sites for hydroxylation is 1. The molecule has 0 aliphatic carbocycles. The molecule has 0 saturated heterocycles. The molecule has 40 heavy (non-hydrogen) atoms. The molecule has 0 spiro atoms. The number of hydrogen-bond donors (Lipinski definition) is 2. The Balaban J connectivity index is 1.53. The van der Waals surface area contributed by atoms with Crippen molar-refractivity contribution in [2.45, 2.75) is 32.6 Å². The zero-order valence-electron chi connectivity index (χ0n) is 22.2. The van der Waals surface area contributed by atoms with E-state index in [0.717, 1.165) is 38.1 Å². The summed E-state index contributed by atoms with van der Waals surface area (Å²) in [6, 6.07) is 32.0. The van der Waals surface area contributed by atoms with Gasteiger partial charge >= 0.3 is 0 Å². The van der Waals surface area contributed by atoms with Crippen LogP contribution < -0.4 is 10.5 Å². The molecule has 2 atom stereocenters. The molecule has 198 valence electrons. The van der Waals surface area contributed by atoms with E-state index >= 15 is 0 Å². The summed E-state index contributed by atoms with van der Waals surface area (Å²) in [5, 5.41) is 14.0. The number of pyridine rings is 2. The molecule has 8 nitrogen and oxygen atoms in total. The third kappa shape index (κ3) is 5.57. The summed E-state index contributed by atoms with van der Waals surface area (Å²) in [6.45, 7) is 3.83. The zero-order valence-corrected chi connectivity index (χ0v) is 22.2. The Morgan fingerprint density at radius 2 is 1.57 bits per heavy atom. The Labute approximate surface area is 232 Å². The number of H-pyrrole nitrogens is 1. The highest BCUT2D eigenvalue weighted by Gasteiger charge is 2.34. The quantitative estimate of drug-likeness (QED) is 0.299. The average Bonchev–Trinajstić information content (AvgIpc) is 3.42. The molecule has 3 heterocycles. The van der Waals surface area contributed by atoms with Gasteiger partial charge < -0.3 is 9.88 Å². The standard InChI is InChI=1S/C32H29N7O/c1-23-14-15-29-27(17-23)18-28(32(40)34-29)30(31-35-36-37-39(31)22-25-11-6-3-7-12-25)38(20-24-9-4-2-5-10-24)21-26-13-8-16-33-19-26/h2-19,30H,20-22H2,1H3,(H,34,40)/p+1. The summed E-state index contributed by atoms with van der Waals surface area (Å²) in [7, 11) is 0. The molecule has 0 saturated carbocycles. The molecule has 2 N–H and O–H groups in total. The van der Waals surface area contributed by atoms with Gasteiger partial charge in [-0.3, -0.25) is 9.78 Å². The van der Waals surface area contributed by atoms with Crippen LogP contribution in [-0.4, -0.2) is 30.2 Å². The molecule has 3 aromatic heterocycles. The maximum Gasteiger partial charge on any atom is 0.258 e. The van der Waals surface area contributed by atoms with E-state index in [1.54, 1.807) is 6.20 Å². The van der Waals surface area contributed by atoms with Crippen molar-refractivity contribution in [3.63, 3.8) is 0 Å². The van der Waals surface area contributed by atoms with Crippen molar-refractivity contribution in [3.05, 3.63) is 153 Å². The summed E-state index contributed by atoms with van der Waals surface area (Å²) in [4.78, 5) is 22.4. The molecule has 6 aromatic rings. The predicted octanol–water partition coefficient (Wildman–Crippen LogP) is 3.64. The molecule has 8 heteroatoms. The fourth-order valence-corrected chi connectivity index (χ4v) is 5.28. The second-order valence-corrected chi connectivity index (χ2v) is 10.1. The minimum atomic E-state index is -0.451. The monoisotopic (exact) mass is 528 g/mol. The SMILES string of the molecule is Cc1ccc2[nH]c(=O)c(C(c3nnnn3Cc3ccccc3)[NH+](Cc3ccccc3)Cc3cccnc3)cc2c1. The third-order valence-corrected chi connectivity index (χ3v) is 7.17. The fourth-order valence-electron chi connectivity index (χ4n) is 5.28. The van der Waals surface area contributed by atoms with Crippen molar-refractivity contribution in [2.75, 3.05) is 0 Å². The van der Waals surface area contributed by atoms with E-state index in [2.05, 4.69) is 68.8 Å². The van der Waals surface area contributed by atoms with E-state index in [1.165, 1.54) is 0 Å². The smallest absolute Gasteiger partial charge is 0.258 e. The Kier molecular flexibility index (Phi) is 7.24. The van der Waals surface area contributed by atoms with Gasteiger partial charge in [0, 0.05) is 29.0 Å². The van der Waals surface area contributed by atoms with Crippen LogP contribution in [0.3, 0.4) is 0 Å². The molecule has 0 aliphatic rings. The first kappa shape index (κ1) is 25.3. The summed E-state index contributed by atoms with van der Waals surface area (Å²) >= 11 is 0. The summed E-state index contributed by atoms with van der Waals surface area (Å²) in [5.74, 6) is 0.635. The lowest BCUT2D eigenvalue weighted by atomic mass is 10.0. The number of benzene rings is 3. The molecule has 0 fully saturated rings. The second kappa shape index (κ2) is 11.4. The van der Waals surface area contributed by atoms with Crippen LogP contribution in [0.4, 0.5) is 0 Å². The molecule has 0 bridgehead atoms. The highest BCUT2D eigenvalue weighted by atomic mass is 16.1. The minimum Gasteiger partial charge on any atom is -0.321 e. The molecule has 0 aliphatic heterocycles. The topological polar surface area (TPSA) is 93.8 Å². The van der Waals surface area contributed by atoms with Gasteiger partial charge in [-0.25, -0.2) is 4.68 Å². The first-order valence-electron chi connectivity index (χ1n) is 13.3. The van der Waals surface area contributed by atoms with E-state index in [9.17, 15) is 4.79 Å². The van der Waals surface area contributed by atoms with Crippen LogP contribution in [0.5, 0.6) is 0 Å². The van der Waals surface area contributed by atoms with Gasteiger partial charge in [-0.1, -0.05) is 78.4 Å². The lowest BCUT2D eigenvalue weighted by molar-refractivity contribution is -0.953. The Morgan fingerprint density at radius 1 is 0.850 bits per heavy atom. The maximum absolute atomic E-state index is 13.8. The van der Waals surface area contributed by atoms with E-state index in [1.807, 2.05) is 71.5 Å². The number of quaternary nitrogens is 1. The molecule has 6 rings (SSSR count). The first-order valence-corrected chi connectivity index (χ1v) is 13.3. The number of nitrogens with one attached hydrogen (secondary N) is 2. The molecule has 0 amide bonds. The number of hydrogen-bond acceptors (Lipinski definition) is 5. The van der Waals surface area contributed by atoms with Gasteiger partial charge in [0.15, 0.2) is 6.04 Å². The van der Waals surface area contributed by atoms with Gasteiger partial charge in [0.05, 0.1) is 12.1 Å². The first-order chi connectivity index (χ1) is 19.6. The van der Waals surface area contributed by atoms with Crippen molar-refractivity contribution in [1.82, 2.24) is 30.2 Å². The number of nitrogens with zero attached hydrogens (tertiary/aromatic N) is 5. The van der Waals surface area contributed by atoms with Gasteiger partial charge in [-0.05, 0) is 52.6 Å². The second-order valence-electron chi connectivity index (χ2n) is 10.1. The van der Waals surface area contributed by atoms with Gasteiger partial charge in [0.1, 0.15) is 13.1 Å². The fraction of sp³-hybridized carbons (Fsp3) is 0.156. The van der Waals surface area contributed by atoms with Gasteiger partial charge in [-0.15, -0.1) is 5.10 Å². The summed E-state index contributed by atoms with van der Waals surface area (Å²) in [5.41, 5.74) is 5.70. The Bertz CT molecular complexity index is 1720. The van der Waals surface area contributed by atoms with Crippen molar-refractivity contribution >= 4 is 10.9 Å². The van der Waals surface area contributed by atoms with Crippen LogP contribution in [-0.2, 0) is 19.6 Å². The lowest BCUT2D eigenvalue weighted by Gasteiger charge is -2.28. The Hall–Kier alpha value is -4.95. The minimum absolute atomic E-state index is 0.146. The number of tetrazole rings is 1. The van der Waals surface area contributed by atoms with E-state index in [0.29, 0.717) is 31.0 Å². The van der Waals surface area contributed by atoms with Crippen LogP contribution >= 0.6 is 0 Å². The van der Waals surface area contributed by atoms with E-state index < -0.39 is 6.04 Å². The molecule has 3 aromatic carbocycles. The van der Waals surface area contributed by atoms with Gasteiger partial charge in [0.2, 0.25) is 5.82 Å². The van der Waals surface area contributed by atoms with E-state index in [-0.39, 0.29) is 5.56 Å². The van der Waals surface area contributed by atoms with Crippen molar-refractivity contribution < 1.29 is 4.90 Å². The normalized spacial score (nSPS) is 12.8. The van der Waals surface area contributed by atoms with Crippen LogP contribution in [0, 0.1) is 6.92 Å². The molecule has 0 radical (unpaired) electrons. The van der Waals surface area contributed by atoms with Crippen LogP contribution in [0.15, 0.2) is 114 Å². The van der Waals surface area contributed by atoms with Gasteiger partial charge in [-0.2, -0.15) is 0 Å². The number of rotatable bonds is 9. The number of aromatic amines is 1. The highest BCUT2D eigenvalue weighted by molar-refractivity contribution is 5.79. The highest BCUT2D eigenvalue weighted by Crippen LogP contribution is 2.21. The van der Waals surface area contributed by atoms with Crippen molar-refractivity contribution in [2.24, 2.45) is 0 Å². The number of aromatic nitrogens is 6. The van der Waals surface area contributed by atoms with Crippen LogP contribution in [0.2, 0.25) is 0 Å². The molecule has 2 unspecified atom stereocenters.